The third-order valence-electron chi connectivity index (χ3n) is 2.29. The van der Waals surface area contributed by atoms with E-state index in [9.17, 15) is 13.2 Å². The minimum absolute atomic E-state index is 0.0309. The zero-order valence-electron chi connectivity index (χ0n) is 7.97. The lowest BCUT2D eigenvalue weighted by Crippen LogP contribution is -2.31. The highest BCUT2D eigenvalue weighted by molar-refractivity contribution is 7.80. The minimum atomic E-state index is -4.13. The summed E-state index contributed by atoms with van der Waals surface area (Å²) in [5.41, 5.74) is 7.92. The number of hydrogen-bond donors (Lipinski definition) is 2. The number of hydrogen-bond acceptors (Lipinski definition) is 2. The average molecular weight is 239 g/mol. The standard InChI is InChI=1S/C8H12F3N3S/c9-8(10,11)5-2-1-3-6(4-5)13-14-7(12)15/h5H,1-4H2,(H3,12,14,15)/b13-6-/t5-/m0/s1. The second-order valence-electron chi connectivity index (χ2n) is 3.49. The molecular formula is C8H12F3N3S. The van der Waals surface area contributed by atoms with Crippen LogP contribution in [0.5, 0.6) is 0 Å². The van der Waals surface area contributed by atoms with Gasteiger partial charge in [-0.25, -0.2) is 0 Å². The summed E-state index contributed by atoms with van der Waals surface area (Å²) in [4.78, 5) is 0. The van der Waals surface area contributed by atoms with Gasteiger partial charge >= 0.3 is 6.18 Å². The van der Waals surface area contributed by atoms with E-state index in [1.807, 2.05) is 0 Å². The summed E-state index contributed by atoms with van der Waals surface area (Å²) < 4.78 is 37.2. The molecule has 0 aliphatic heterocycles. The lowest BCUT2D eigenvalue weighted by molar-refractivity contribution is -0.175. The molecule has 0 radical (unpaired) electrons. The van der Waals surface area contributed by atoms with E-state index in [-0.39, 0.29) is 18.0 Å². The molecule has 7 heteroatoms. The van der Waals surface area contributed by atoms with Crippen LogP contribution in [0.15, 0.2) is 5.10 Å². The van der Waals surface area contributed by atoms with Gasteiger partial charge in [-0.2, -0.15) is 18.3 Å². The summed E-state index contributed by atoms with van der Waals surface area (Å²) in [6.07, 6.45) is -2.94. The van der Waals surface area contributed by atoms with Crippen molar-refractivity contribution in [3.05, 3.63) is 0 Å². The van der Waals surface area contributed by atoms with Gasteiger partial charge in [0.05, 0.1) is 5.92 Å². The van der Waals surface area contributed by atoms with Gasteiger partial charge in [-0.15, -0.1) is 0 Å². The number of alkyl halides is 3. The van der Waals surface area contributed by atoms with Crippen molar-refractivity contribution < 1.29 is 13.2 Å². The van der Waals surface area contributed by atoms with E-state index in [4.69, 9.17) is 5.73 Å². The molecule has 1 fully saturated rings. The van der Waals surface area contributed by atoms with E-state index in [0.717, 1.165) is 0 Å². The van der Waals surface area contributed by atoms with Crippen LogP contribution in [0.2, 0.25) is 0 Å². The molecule has 0 amide bonds. The molecule has 1 atom stereocenters. The van der Waals surface area contributed by atoms with Gasteiger partial charge in [-0.05, 0) is 37.9 Å². The van der Waals surface area contributed by atoms with Crippen LogP contribution in [0.25, 0.3) is 0 Å². The van der Waals surface area contributed by atoms with Crippen LogP contribution >= 0.6 is 12.2 Å². The number of nitrogens with one attached hydrogen (secondary N) is 1. The molecule has 0 unspecified atom stereocenters. The molecule has 0 aromatic rings. The maximum absolute atomic E-state index is 12.4. The fourth-order valence-electron chi connectivity index (χ4n) is 1.56. The first kappa shape index (κ1) is 12.2. The largest absolute Gasteiger partial charge is 0.392 e. The highest BCUT2D eigenvalue weighted by Gasteiger charge is 2.41. The molecule has 0 aromatic heterocycles. The molecular weight excluding hydrogens is 227 g/mol. The number of thiocarbonyl (C=S) groups is 1. The second-order valence-corrected chi connectivity index (χ2v) is 3.93. The van der Waals surface area contributed by atoms with Crippen LogP contribution in [0, 0.1) is 5.92 Å². The zero-order valence-corrected chi connectivity index (χ0v) is 8.79. The lowest BCUT2D eigenvalue weighted by atomic mass is 9.87. The fourth-order valence-corrected chi connectivity index (χ4v) is 1.60. The highest BCUT2D eigenvalue weighted by Crippen LogP contribution is 2.36. The van der Waals surface area contributed by atoms with Crippen molar-refractivity contribution in [1.29, 1.82) is 0 Å². The van der Waals surface area contributed by atoms with Crippen LogP contribution in [0.1, 0.15) is 25.7 Å². The maximum Gasteiger partial charge on any atom is 0.392 e. The number of rotatable bonds is 1. The summed E-state index contributed by atoms with van der Waals surface area (Å²) >= 11 is 4.50. The van der Waals surface area contributed by atoms with E-state index in [0.29, 0.717) is 18.6 Å². The molecule has 0 bridgehead atoms. The van der Waals surface area contributed by atoms with Crippen LogP contribution in [0.4, 0.5) is 13.2 Å². The Morgan fingerprint density at radius 3 is 2.73 bits per heavy atom. The minimum Gasteiger partial charge on any atom is -0.375 e. The Kier molecular flexibility index (Phi) is 3.90. The van der Waals surface area contributed by atoms with Crippen molar-refractivity contribution in [2.75, 3.05) is 0 Å². The molecule has 0 saturated heterocycles. The molecule has 0 aromatic carbocycles. The fraction of sp³-hybridized carbons (Fsp3) is 0.750. The van der Waals surface area contributed by atoms with Crippen LogP contribution in [-0.4, -0.2) is 17.0 Å². The first-order chi connectivity index (χ1) is 6.89. The monoisotopic (exact) mass is 239 g/mol. The van der Waals surface area contributed by atoms with E-state index in [1.54, 1.807) is 0 Å². The normalized spacial score (nSPS) is 25.3. The van der Waals surface area contributed by atoms with Crippen LogP contribution in [0.3, 0.4) is 0 Å². The van der Waals surface area contributed by atoms with Crippen LogP contribution < -0.4 is 11.2 Å². The summed E-state index contributed by atoms with van der Waals surface area (Å²) in [7, 11) is 0. The van der Waals surface area contributed by atoms with Crippen molar-refractivity contribution in [2.45, 2.75) is 31.9 Å². The first-order valence-corrected chi connectivity index (χ1v) is 4.98. The smallest absolute Gasteiger partial charge is 0.375 e. The van der Waals surface area contributed by atoms with Gasteiger partial charge in [0.15, 0.2) is 5.11 Å². The molecule has 15 heavy (non-hydrogen) atoms. The Bertz CT molecular complexity index is 275. The molecule has 3 nitrogen and oxygen atoms in total. The van der Waals surface area contributed by atoms with Gasteiger partial charge in [-0.3, -0.25) is 5.43 Å². The Morgan fingerprint density at radius 1 is 1.53 bits per heavy atom. The molecule has 1 rings (SSSR count). The molecule has 1 aliphatic carbocycles. The van der Waals surface area contributed by atoms with Gasteiger partial charge in [0.25, 0.3) is 0 Å². The summed E-state index contributed by atoms with van der Waals surface area (Å²) in [6.45, 7) is 0. The Labute approximate surface area is 90.9 Å². The summed E-state index contributed by atoms with van der Waals surface area (Å²) in [6, 6.07) is 0. The van der Waals surface area contributed by atoms with Crippen molar-refractivity contribution in [2.24, 2.45) is 16.8 Å². The molecule has 1 aliphatic rings. The van der Waals surface area contributed by atoms with Crippen molar-refractivity contribution in [3.63, 3.8) is 0 Å². The number of nitrogens with zero attached hydrogens (tertiary/aromatic N) is 1. The van der Waals surface area contributed by atoms with Gasteiger partial charge < -0.3 is 5.73 Å². The average Bonchev–Trinajstić information content (AvgIpc) is 2.14. The SMILES string of the molecule is NC(=S)N/N=C1/CCC[C@H](C(F)(F)F)C1. The Hall–Kier alpha value is -0.850. The maximum atomic E-state index is 12.4. The lowest BCUT2D eigenvalue weighted by Gasteiger charge is -2.25. The molecule has 3 N–H and O–H groups in total. The summed E-state index contributed by atoms with van der Waals surface area (Å²) in [5, 5.41) is 3.72. The molecule has 0 spiro atoms. The number of hydrazone groups is 1. The first-order valence-electron chi connectivity index (χ1n) is 4.57. The Morgan fingerprint density at radius 2 is 2.20 bits per heavy atom. The molecule has 0 heterocycles. The topological polar surface area (TPSA) is 50.4 Å². The van der Waals surface area contributed by atoms with Gasteiger partial charge in [0.1, 0.15) is 0 Å². The third-order valence-corrected chi connectivity index (χ3v) is 2.38. The van der Waals surface area contributed by atoms with Crippen molar-refractivity contribution in [3.8, 4) is 0 Å². The van der Waals surface area contributed by atoms with Gasteiger partial charge in [0.2, 0.25) is 0 Å². The van der Waals surface area contributed by atoms with E-state index in [2.05, 4.69) is 22.7 Å². The van der Waals surface area contributed by atoms with E-state index < -0.39 is 12.1 Å². The van der Waals surface area contributed by atoms with Crippen LogP contribution in [-0.2, 0) is 0 Å². The zero-order chi connectivity index (χ0) is 11.5. The number of halogens is 3. The predicted octanol–water partition coefficient (Wildman–Crippen LogP) is 1.93. The molecule has 1 saturated carbocycles. The third kappa shape index (κ3) is 4.03. The van der Waals surface area contributed by atoms with E-state index >= 15 is 0 Å². The Balaban J connectivity index is 2.56. The van der Waals surface area contributed by atoms with Crippen molar-refractivity contribution in [1.82, 2.24) is 5.43 Å². The molecule has 86 valence electrons. The second kappa shape index (κ2) is 4.78. The van der Waals surface area contributed by atoms with E-state index in [1.165, 1.54) is 0 Å². The quantitative estimate of drug-likeness (QED) is 0.543. The van der Waals surface area contributed by atoms with Gasteiger partial charge in [-0.1, -0.05) is 0 Å². The predicted molar refractivity (Wildman–Crippen MR) is 55.4 cm³/mol. The highest BCUT2D eigenvalue weighted by atomic mass is 32.1. The number of nitrogens with two attached hydrogens (primary N) is 1. The summed E-state index contributed by atoms with van der Waals surface area (Å²) in [5.74, 6) is -1.28. The van der Waals surface area contributed by atoms with Gasteiger partial charge in [0, 0.05) is 5.71 Å². The van der Waals surface area contributed by atoms with Crippen molar-refractivity contribution >= 4 is 23.0 Å².